The summed E-state index contributed by atoms with van der Waals surface area (Å²) in [7, 11) is 0. The maximum absolute atomic E-state index is 11.8. The Balaban J connectivity index is 2.22. The molecule has 0 atom stereocenters. The fourth-order valence-electron chi connectivity index (χ4n) is 1.75. The van der Waals surface area contributed by atoms with Crippen molar-refractivity contribution in [1.29, 1.82) is 0 Å². The number of benzene rings is 1. The Morgan fingerprint density at radius 1 is 1.43 bits per heavy atom. The fraction of sp³-hybridized carbons (Fsp3) is 0.286. The molecule has 0 fully saturated rings. The van der Waals surface area contributed by atoms with Crippen LogP contribution in [0.3, 0.4) is 0 Å². The van der Waals surface area contributed by atoms with Crippen LogP contribution in [0, 0.1) is 10.1 Å². The Hall–Kier alpha value is -2.42. The number of nitro groups is 1. The third kappa shape index (κ3) is 4.52. The molecule has 0 unspecified atom stereocenters. The van der Waals surface area contributed by atoms with Gasteiger partial charge in [0.1, 0.15) is 10.1 Å². The van der Waals surface area contributed by atoms with Crippen molar-refractivity contribution in [2.24, 2.45) is 0 Å². The number of ether oxygens (including phenoxy) is 1. The van der Waals surface area contributed by atoms with Crippen LogP contribution in [-0.4, -0.2) is 26.4 Å². The molecule has 0 saturated heterocycles. The Morgan fingerprint density at radius 3 is 2.70 bits per heavy atom. The Bertz CT molecular complexity index is 751. The molecule has 9 heteroatoms. The molecular formula is C14H15BrN4O4. The second-order valence-electron chi connectivity index (χ2n) is 5.68. The summed E-state index contributed by atoms with van der Waals surface area (Å²) in [5.41, 5.74) is 0.452. The van der Waals surface area contributed by atoms with E-state index in [9.17, 15) is 14.9 Å². The van der Waals surface area contributed by atoms with Crippen molar-refractivity contribution < 1.29 is 14.5 Å². The molecule has 0 aliphatic heterocycles. The summed E-state index contributed by atoms with van der Waals surface area (Å²) in [5.74, 6) is -0.282. The molecule has 122 valence electrons. The van der Waals surface area contributed by atoms with Gasteiger partial charge in [-0.2, -0.15) is 0 Å². The van der Waals surface area contributed by atoms with Crippen LogP contribution in [0.4, 0.5) is 16.3 Å². The summed E-state index contributed by atoms with van der Waals surface area (Å²) in [6.07, 6.45) is 0.896. The minimum Gasteiger partial charge on any atom is -0.444 e. The molecule has 1 aromatic heterocycles. The van der Waals surface area contributed by atoms with Crippen molar-refractivity contribution >= 4 is 33.5 Å². The molecule has 1 amide bonds. The summed E-state index contributed by atoms with van der Waals surface area (Å²) in [5, 5.41) is 17.3. The normalized spacial score (nSPS) is 11.1. The highest BCUT2D eigenvalue weighted by atomic mass is 79.9. The summed E-state index contributed by atoms with van der Waals surface area (Å²) >= 11 is 3.09. The number of carbonyl (C=O) groups excluding carboxylic acids is 1. The van der Waals surface area contributed by atoms with E-state index in [-0.39, 0.29) is 10.3 Å². The largest absolute Gasteiger partial charge is 0.444 e. The van der Waals surface area contributed by atoms with E-state index in [0.717, 1.165) is 0 Å². The van der Waals surface area contributed by atoms with E-state index < -0.39 is 16.6 Å². The van der Waals surface area contributed by atoms with Gasteiger partial charge in [-0.05, 0) is 59.8 Å². The molecule has 23 heavy (non-hydrogen) atoms. The lowest BCUT2D eigenvalue weighted by Crippen LogP contribution is -2.27. The van der Waals surface area contributed by atoms with Crippen molar-refractivity contribution in [3.63, 3.8) is 0 Å². The number of carbonyl (C=O) groups is 1. The van der Waals surface area contributed by atoms with Crippen molar-refractivity contribution in [1.82, 2.24) is 9.78 Å². The predicted octanol–water partition coefficient (Wildman–Crippen LogP) is 3.89. The Morgan fingerprint density at radius 2 is 2.13 bits per heavy atom. The maximum Gasteiger partial charge on any atom is 0.412 e. The average Bonchev–Trinajstić information content (AvgIpc) is 2.79. The molecule has 0 spiro atoms. The number of aromatic nitrogens is 2. The lowest BCUT2D eigenvalue weighted by molar-refractivity contribution is -0.390. The highest BCUT2D eigenvalue weighted by Gasteiger charge is 2.20. The maximum atomic E-state index is 11.8. The van der Waals surface area contributed by atoms with E-state index in [1.807, 2.05) is 0 Å². The molecule has 0 aliphatic rings. The minimum absolute atomic E-state index is 0.271. The van der Waals surface area contributed by atoms with Gasteiger partial charge in [0.15, 0.2) is 0 Å². The molecule has 1 aromatic carbocycles. The van der Waals surface area contributed by atoms with Gasteiger partial charge in [0, 0.05) is 5.69 Å². The Labute approximate surface area is 140 Å². The van der Waals surface area contributed by atoms with E-state index in [1.165, 1.54) is 10.9 Å². The first-order valence-electron chi connectivity index (χ1n) is 6.66. The first kappa shape index (κ1) is 16.9. The summed E-state index contributed by atoms with van der Waals surface area (Å²) < 4.78 is 6.79. The molecule has 0 radical (unpaired) electrons. The van der Waals surface area contributed by atoms with Gasteiger partial charge >= 0.3 is 11.9 Å². The topological polar surface area (TPSA) is 99.3 Å². The first-order valence-corrected chi connectivity index (χ1v) is 7.45. The number of rotatable bonds is 3. The summed E-state index contributed by atoms with van der Waals surface area (Å²) in [6.45, 7) is 5.30. The second-order valence-corrected chi connectivity index (χ2v) is 6.53. The molecule has 2 rings (SSSR count). The van der Waals surface area contributed by atoms with Crippen LogP contribution in [-0.2, 0) is 4.74 Å². The van der Waals surface area contributed by atoms with Crippen LogP contribution in [0.25, 0.3) is 5.69 Å². The van der Waals surface area contributed by atoms with Crippen LogP contribution >= 0.6 is 15.9 Å². The van der Waals surface area contributed by atoms with Gasteiger partial charge in [-0.25, -0.2) is 4.79 Å². The summed E-state index contributed by atoms with van der Waals surface area (Å²) in [6, 6.07) is 6.72. The average molecular weight is 383 g/mol. The van der Waals surface area contributed by atoms with E-state index in [0.29, 0.717) is 11.4 Å². The van der Waals surface area contributed by atoms with Gasteiger partial charge in [0.25, 0.3) is 0 Å². The van der Waals surface area contributed by atoms with Gasteiger partial charge in [-0.15, -0.1) is 4.68 Å². The SMILES string of the molecule is CC(C)(C)OC(=O)Nc1cccc(-n2cc(Br)c([N+](=O)[O-])n2)c1. The van der Waals surface area contributed by atoms with Gasteiger partial charge in [-0.1, -0.05) is 6.07 Å². The van der Waals surface area contributed by atoms with Crippen LogP contribution in [0.1, 0.15) is 20.8 Å². The van der Waals surface area contributed by atoms with Gasteiger partial charge < -0.3 is 14.9 Å². The number of amides is 1. The van der Waals surface area contributed by atoms with Crippen molar-refractivity contribution in [3.05, 3.63) is 45.0 Å². The lowest BCUT2D eigenvalue weighted by atomic mass is 10.2. The second kappa shape index (κ2) is 6.37. The van der Waals surface area contributed by atoms with E-state index in [2.05, 4.69) is 26.3 Å². The molecule has 8 nitrogen and oxygen atoms in total. The Kier molecular flexibility index (Phi) is 4.69. The van der Waals surface area contributed by atoms with Crippen LogP contribution in [0.2, 0.25) is 0 Å². The third-order valence-electron chi connectivity index (χ3n) is 2.58. The molecule has 0 saturated carbocycles. The highest BCUT2D eigenvalue weighted by molar-refractivity contribution is 9.10. The quantitative estimate of drug-likeness (QED) is 0.640. The molecule has 2 aromatic rings. The van der Waals surface area contributed by atoms with E-state index >= 15 is 0 Å². The minimum atomic E-state index is -0.602. The summed E-state index contributed by atoms with van der Waals surface area (Å²) in [4.78, 5) is 22.0. The molecule has 1 heterocycles. The molecule has 0 bridgehead atoms. The molecule has 1 N–H and O–H groups in total. The molecule has 0 aliphatic carbocycles. The van der Waals surface area contributed by atoms with Crippen LogP contribution < -0.4 is 5.32 Å². The number of hydrogen-bond acceptors (Lipinski definition) is 5. The number of halogens is 1. The standard InChI is InChI=1S/C14H15BrN4O4/c1-14(2,3)23-13(20)16-9-5-4-6-10(7-9)18-8-11(15)12(17-18)19(21)22/h4-8H,1-3H3,(H,16,20). The van der Waals surface area contributed by atoms with Crippen LogP contribution in [0.15, 0.2) is 34.9 Å². The van der Waals surface area contributed by atoms with Gasteiger partial charge in [0.2, 0.25) is 0 Å². The van der Waals surface area contributed by atoms with Gasteiger partial charge in [0.05, 0.1) is 17.0 Å². The number of nitrogens with one attached hydrogen (secondary N) is 1. The fourth-order valence-corrected chi connectivity index (χ4v) is 2.17. The highest BCUT2D eigenvalue weighted by Crippen LogP contribution is 2.25. The van der Waals surface area contributed by atoms with E-state index in [1.54, 1.807) is 45.0 Å². The zero-order valence-electron chi connectivity index (χ0n) is 12.7. The first-order chi connectivity index (χ1) is 10.7. The third-order valence-corrected chi connectivity index (χ3v) is 3.14. The zero-order chi connectivity index (χ0) is 17.2. The monoisotopic (exact) mass is 382 g/mol. The van der Waals surface area contributed by atoms with Crippen LogP contribution in [0.5, 0.6) is 0 Å². The van der Waals surface area contributed by atoms with Gasteiger partial charge in [-0.3, -0.25) is 5.32 Å². The smallest absolute Gasteiger partial charge is 0.412 e. The van der Waals surface area contributed by atoms with Crippen molar-refractivity contribution in [3.8, 4) is 5.69 Å². The molecular weight excluding hydrogens is 368 g/mol. The number of hydrogen-bond donors (Lipinski definition) is 1. The lowest BCUT2D eigenvalue weighted by Gasteiger charge is -2.19. The number of nitrogens with zero attached hydrogens (tertiary/aromatic N) is 3. The van der Waals surface area contributed by atoms with Crippen molar-refractivity contribution in [2.45, 2.75) is 26.4 Å². The van der Waals surface area contributed by atoms with E-state index in [4.69, 9.17) is 4.74 Å². The zero-order valence-corrected chi connectivity index (χ0v) is 14.3. The predicted molar refractivity (Wildman–Crippen MR) is 87.8 cm³/mol. The number of anilines is 1. The van der Waals surface area contributed by atoms with Crippen molar-refractivity contribution in [2.75, 3.05) is 5.32 Å².